The van der Waals surface area contributed by atoms with E-state index in [0.29, 0.717) is 0 Å². The molecule has 0 radical (unpaired) electrons. The van der Waals surface area contributed by atoms with Crippen LogP contribution in [0.2, 0.25) is 0 Å². The van der Waals surface area contributed by atoms with Crippen molar-refractivity contribution in [1.29, 1.82) is 0 Å². The second-order valence-electron chi connectivity index (χ2n) is 21.0. The average Bonchev–Trinajstić information content (AvgIpc) is 3.97. The van der Waals surface area contributed by atoms with Gasteiger partial charge >= 0.3 is 0 Å². The van der Waals surface area contributed by atoms with Crippen molar-refractivity contribution in [2.75, 3.05) is 4.90 Å². The molecule has 1 heteroatoms. The fourth-order valence-corrected chi connectivity index (χ4v) is 14.1. The number of hydrogen-bond donors (Lipinski definition) is 0. The minimum absolute atomic E-state index is 0.0301. The number of benzene rings is 10. The molecule has 0 aliphatic heterocycles. The summed E-state index contributed by atoms with van der Waals surface area (Å²) in [4.78, 5) is 2.54. The summed E-state index contributed by atoms with van der Waals surface area (Å²) in [7, 11) is 0. The first kappa shape index (κ1) is 41.9. The highest BCUT2D eigenvalue weighted by Gasteiger charge is 2.47. The summed E-state index contributed by atoms with van der Waals surface area (Å²) in [6, 6.07) is 89.8. The Morgan fingerprint density at radius 1 is 0.310 bits per heavy atom. The first-order chi connectivity index (χ1) is 35.0. The summed E-state index contributed by atoms with van der Waals surface area (Å²) in [6.45, 7) is 4.78. The Labute approximate surface area is 418 Å². The van der Waals surface area contributed by atoms with E-state index in [1.54, 1.807) is 0 Å². The molecular formula is C70H55N. The molecule has 10 aromatic rings. The second kappa shape index (κ2) is 16.0. The molecule has 14 rings (SSSR count). The molecule has 0 aromatic heterocycles. The first-order valence-electron chi connectivity index (χ1n) is 25.8. The smallest absolute Gasteiger partial charge is 0.0714 e. The van der Waals surface area contributed by atoms with Gasteiger partial charge in [0.15, 0.2) is 0 Å². The molecule has 340 valence electrons. The highest BCUT2D eigenvalue weighted by Crippen LogP contribution is 2.60. The standard InChI is InChI=1S/C70H55N/c1-68(2)62-32-15-12-29-57(62)61-31-20-30-60(67(61)68)54-26-11-10-25-53(54)47-35-37-50(38-36-47)71(51-39-41-58-55-27-13-16-33-63(55)69(65(58)45-51)43-18-5-19-44-69)52-40-42-59-56-28-14-17-34-64(56)70(66(59)46-52,48-21-6-3-7-22-48)49-23-8-4-9-24-49/h3-4,6-17,20-42,45-46H,5,18-19,43-44H2,1-2H3. The van der Waals surface area contributed by atoms with Gasteiger partial charge in [0.2, 0.25) is 0 Å². The first-order valence-corrected chi connectivity index (χ1v) is 25.8. The third-order valence-electron chi connectivity index (χ3n) is 17.2. The summed E-state index contributed by atoms with van der Waals surface area (Å²) in [5.41, 5.74) is 27.0. The van der Waals surface area contributed by atoms with Gasteiger partial charge < -0.3 is 4.90 Å². The number of hydrogen-bond acceptors (Lipinski definition) is 1. The molecule has 0 heterocycles. The molecule has 10 aromatic carbocycles. The van der Waals surface area contributed by atoms with Crippen LogP contribution in [0.15, 0.2) is 237 Å². The van der Waals surface area contributed by atoms with E-state index in [1.165, 1.54) is 138 Å². The van der Waals surface area contributed by atoms with Gasteiger partial charge in [-0.1, -0.05) is 233 Å². The van der Waals surface area contributed by atoms with Crippen LogP contribution >= 0.6 is 0 Å². The lowest BCUT2D eigenvalue weighted by Gasteiger charge is -2.37. The van der Waals surface area contributed by atoms with Gasteiger partial charge in [0.25, 0.3) is 0 Å². The topological polar surface area (TPSA) is 3.24 Å². The average molecular weight is 910 g/mol. The minimum atomic E-state index is -0.511. The van der Waals surface area contributed by atoms with Gasteiger partial charge in [0.1, 0.15) is 0 Å². The molecule has 0 saturated heterocycles. The second-order valence-corrected chi connectivity index (χ2v) is 21.0. The summed E-state index contributed by atoms with van der Waals surface area (Å²) in [5.74, 6) is 0. The van der Waals surface area contributed by atoms with E-state index >= 15 is 0 Å². The lowest BCUT2D eigenvalue weighted by atomic mass is 9.67. The maximum Gasteiger partial charge on any atom is 0.0714 e. The van der Waals surface area contributed by atoms with Crippen LogP contribution in [0.3, 0.4) is 0 Å². The van der Waals surface area contributed by atoms with E-state index < -0.39 is 5.41 Å². The van der Waals surface area contributed by atoms with E-state index in [9.17, 15) is 0 Å². The number of rotatable bonds is 7. The molecule has 4 aliphatic carbocycles. The van der Waals surface area contributed by atoms with Gasteiger partial charge in [-0.2, -0.15) is 0 Å². The largest absolute Gasteiger partial charge is 0.310 e. The predicted molar refractivity (Wildman–Crippen MR) is 296 cm³/mol. The van der Waals surface area contributed by atoms with E-state index in [2.05, 4.69) is 255 Å². The van der Waals surface area contributed by atoms with Crippen molar-refractivity contribution in [3.05, 3.63) is 281 Å². The molecule has 0 amide bonds. The summed E-state index contributed by atoms with van der Waals surface area (Å²) in [6.07, 6.45) is 6.20. The molecule has 1 saturated carbocycles. The zero-order valence-corrected chi connectivity index (χ0v) is 40.5. The predicted octanol–water partition coefficient (Wildman–Crippen LogP) is 18.4. The fraction of sp³-hybridized carbons (Fsp3) is 0.143. The summed E-state index contributed by atoms with van der Waals surface area (Å²) < 4.78 is 0. The maximum absolute atomic E-state index is 2.57. The van der Waals surface area contributed by atoms with Crippen LogP contribution in [0.25, 0.3) is 55.6 Å². The SMILES string of the molecule is CC1(C)c2ccccc2-c2cccc(-c3ccccc3-c3ccc(N(c4ccc5c(c4)C4(CCCCC4)c4ccccc4-5)c4ccc5c(c4)C(c4ccccc4)(c4ccccc4)c4ccccc4-5)cc3)c21. The molecule has 1 fully saturated rings. The Morgan fingerprint density at radius 3 is 1.38 bits per heavy atom. The Bertz CT molecular complexity index is 3660. The highest BCUT2D eigenvalue weighted by atomic mass is 15.1. The van der Waals surface area contributed by atoms with Crippen LogP contribution in [-0.2, 0) is 16.2 Å². The summed E-state index contributed by atoms with van der Waals surface area (Å²) in [5, 5.41) is 0. The lowest BCUT2D eigenvalue weighted by Crippen LogP contribution is -2.29. The molecule has 71 heavy (non-hydrogen) atoms. The Kier molecular flexibility index (Phi) is 9.46. The van der Waals surface area contributed by atoms with Gasteiger partial charge in [0.05, 0.1) is 5.41 Å². The van der Waals surface area contributed by atoms with Crippen LogP contribution in [0.4, 0.5) is 17.1 Å². The van der Waals surface area contributed by atoms with Crippen molar-refractivity contribution in [3.8, 4) is 55.6 Å². The Balaban J connectivity index is 0.959. The highest BCUT2D eigenvalue weighted by molar-refractivity contribution is 5.95. The zero-order valence-electron chi connectivity index (χ0n) is 40.5. The van der Waals surface area contributed by atoms with Crippen molar-refractivity contribution in [2.45, 2.75) is 62.2 Å². The fourth-order valence-electron chi connectivity index (χ4n) is 14.1. The third kappa shape index (κ3) is 6.05. The van der Waals surface area contributed by atoms with Crippen molar-refractivity contribution in [3.63, 3.8) is 0 Å². The number of anilines is 3. The summed E-state index contributed by atoms with van der Waals surface area (Å²) >= 11 is 0. The monoisotopic (exact) mass is 909 g/mol. The Hall–Kier alpha value is -8.00. The van der Waals surface area contributed by atoms with Crippen LogP contribution in [-0.4, -0.2) is 0 Å². The molecule has 0 unspecified atom stereocenters. The van der Waals surface area contributed by atoms with Gasteiger partial charge in [-0.05, 0) is 149 Å². The number of nitrogens with zero attached hydrogens (tertiary/aromatic N) is 1. The normalized spacial score (nSPS) is 15.8. The van der Waals surface area contributed by atoms with Crippen molar-refractivity contribution in [2.24, 2.45) is 0 Å². The van der Waals surface area contributed by atoms with Crippen LogP contribution in [0.5, 0.6) is 0 Å². The van der Waals surface area contributed by atoms with E-state index in [-0.39, 0.29) is 10.8 Å². The molecular weight excluding hydrogens is 855 g/mol. The molecule has 0 N–H and O–H groups in total. The van der Waals surface area contributed by atoms with E-state index in [1.807, 2.05) is 0 Å². The van der Waals surface area contributed by atoms with Gasteiger partial charge in [-0.25, -0.2) is 0 Å². The maximum atomic E-state index is 2.57. The molecule has 0 atom stereocenters. The Morgan fingerprint density at radius 2 is 0.746 bits per heavy atom. The van der Waals surface area contributed by atoms with Crippen molar-refractivity contribution < 1.29 is 0 Å². The number of fused-ring (bicyclic) bond motifs is 11. The van der Waals surface area contributed by atoms with E-state index in [4.69, 9.17) is 0 Å². The zero-order chi connectivity index (χ0) is 47.3. The van der Waals surface area contributed by atoms with Crippen molar-refractivity contribution in [1.82, 2.24) is 0 Å². The molecule has 4 aliphatic rings. The van der Waals surface area contributed by atoms with E-state index in [0.717, 1.165) is 11.4 Å². The van der Waals surface area contributed by atoms with Crippen LogP contribution < -0.4 is 4.90 Å². The van der Waals surface area contributed by atoms with Gasteiger partial charge in [-0.15, -0.1) is 0 Å². The van der Waals surface area contributed by atoms with Gasteiger partial charge in [-0.3, -0.25) is 0 Å². The molecule has 1 spiro atoms. The van der Waals surface area contributed by atoms with Gasteiger partial charge in [0, 0.05) is 27.9 Å². The molecule has 1 nitrogen and oxygen atoms in total. The lowest BCUT2D eigenvalue weighted by molar-refractivity contribution is 0.353. The van der Waals surface area contributed by atoms with Crippen LogP contribution in [0.1, 0.15) is 90.5 Å². The minimum Gasteiger partial charge on any atom is -0.310 e. The van der Waals surface area contributed by atoms with Crippen LogP contribution in [0, 0.1) is 0 Å². The quantitative estimate of drug-likeness (QED) is 0.154. The van der Waals surface area contributed by atoms with Crippen molar-refractivity contribution >= 4 is 17.1 Å². The third-order valence-corrected chi connectivity index (χ3v) is 17.2. The molecule has 0 bridgehead atoms.